The number of aromatic nitrogens is 8. The molecule has 10 atom stereocenters. The Morgan fingerprint density at radius 2 is 1.48 bits per heavy atom. The summed E-state index contributed by atoms with van der Waals surface area (Å²) in [5.74, 6) is 0.131. The molecule has 7 heterocycles. The molecule has 19 nitrogen and oxygen atoms in total. The maximum atomic E-state index is 16.0. The van der Waals surface area contributed by atoms with Crippen molar-refractivity contribution in [2.75, 3.05) is 24.7 Å². The molecule has 4 aromatic heterocycles. The molecule has 44 heavy (non-hydrogen) atoms. The highest BCUT2D eigenvalue weighted by Gasteiger charge is 2.52. The second-order valence-corrected chi connectivity index (χ2v) is 15.5. The van der Waals surface area contributed by atoms with Crippen LogP contribution in [0.2, 0.25) is 0 Å². The van der Waals surface area contributed by atoms with E-state index in [0.717, 1.165) is 6.33 Å². The Bertz CT molecular complexity index is 1840. The van der Waals surface area contributed by atoms with E-state index in [-0.39, 0.29) is 34.0 Å². The van der Waals surface area contributed by atoms with Gasteiger partial charge in [0.05, 0.1) is 25.9 Å². The molecule has 3 saturated heterocycles. The maximum absolute atomic E-state index is 16.0. The van der Waals surface area contributed by atoms with Gasteiger partial charge in [0.25, 0.3) is 0 Å². The van der Waals surface area contributed by atoms with Gasteiger partial charge in [0.15, 0.2) is 41.6 Å². The first kappa shape index (κ1) is 30.2. The van der Waals surface area contributed by atoms with E-state index in [9.17, 15) is 14.6 Å². The van der Waals surface area contributed by atoms with Crippen LogP contribution < -0.4 is 16.4 Å². The van der Waals surface area contributed by atoms with E-state index in [1.807, 2.05) is 0 Å². The number of aliphatic hydroxyl groups excluding tert-OH is 1. The summed E-state index contributed by atoms with van der Waals surface area (Å²) in [6, 6.07) is 0. The van der Waals surface area contributed by atoms with Crippen LogP contribution in [0.4, 0.5) is 16.0 Å². The first-order valence-corrected chi connectivity index (χ1v) is 18.0. The SMILES string of the molecule is Nc1ncnc2c1ncn2[C@@H]1O[C@@H]2COP([O-])(=S)O[C@H]3C(O)[C@@H](COP(=O)(S)O[C@@H]2C1F)O[C@H]3n1cnc2c(N)ncnc21. The van der Waals surface area contributed by atoms with Crippen LogP contribution in [0.5, 0.6) is 0 Å². The van der Waals surface area contributed by atoms with Gasteiger partial charge in [-0.15, -0.1) is 0 Å². The minimum Gasteiger partial charge on any atom is -0.780 e. The van der Waals surface area contributed by atoms with E-state index >= 15 is 4.39 Å². The number of ether oxygens (including phenoxy) is 2. The van der Waals surface area contributed by atoms with Gasteiger partial charge in [0, 0.05) is 0 Å². The summed E-state index contributed by atoms with van der Waals surface area (Å²) in [6.07, 6.45) is -7.04. The van der Waals surface area contributed by atoms with Crippen molar-refractivity contribution >= 4 is 71.5 Å². The molecule has 0 saturated carbocycles. The number of hydrogen-bond acceptors (Lipinski definition) is 18. The molecule has 4 aromatic rings. The van der Waals surface area contributed by atoms with Gasteiger partial charge >= 0.3 is 6.80 Å². The molecule has 3 aliphatic rings. The van der Waals surface area contributed by atoms with Crippen LogP contribution in [0.3, 0.4) is 0 Å². The van der Waals surface area contributed by atoms with E-state index in [0.29, 0.717) is 0 Å². The molecule has 0 amide bonds. The van der Waals surface area contributed by atoms with Crippen molar-refractivity contribution in [3.8, 4) is 0 Å². The topological polar surface area (TPSA) is 255 Å². The normalized spacial score (nSPS) is 38.3. The van der Waals surface area contributed by atoms with Crippen molar-refractivity contribution in [2.45, 2.75) is 49.1 Å². The molecule has 2 bridgehead atoms. The molecule has 236 valence electrons. The number of aliphatic hydroxyl groups is 1. The molecule has 3 aliphatic heterocycles. The van der Waals surface area contributed by atoms with Crippen molar-refractivity contribution in [3.63, 3.8) is 0 Å². The van der Waals surface area contributed by atoms with Gasteiger partial charge in [-0.2, -0.15) is 0 Å². The fraction of sp³-hybridized carbons (Fsp3) is 0.500. The minimum atomic E-state index is -4.46. The zero-order chi connectivity index (χ0) is 31.0. The highest BCUT2D eigenvalue weighted by molar-refractivity contribution is 8.44. The predicted octanol–water partition coefficient (Wildman–Crippen LogP) is -0.236. The van der Waals surface area contributed by atoms with Gasteiger partial charge in [-0.05, 0) is 0 Å². The molecule has 7 rings (SSSR count). The van der Waals surface area contributed by atoms with Crippen LogP contribution in [-0.2, 0) is 43.9 Å². The first-order chi connectivity index (χ1) is 20.9. The molecule has 4 unspecified atom stereocenters. The van der Waals surface area contributed by atoms with Crippen molar-refractivity contribution in [2.24, 2.45) is 0 Å². The number of nitrogen functional groups attached to an aromatic ring is 2. The van der Waals surface area contributed by atoms with Crippen molar-refractivity contribution < 1.29 is 46.5 Å². The quantitative estimate of drug-likeness (QED) is 0.156. The molecule has 0 aliphatic carbocycles. The average molecular weight is 692 g/mol. The molecular formula is C20H22FN10O9P2S2-. The molecule has 3 fully saturated rings. The third kappa shape index (κ3) is 5.27. The van der Waals surface area contributed by atoms with Crippen LogP contribution in [0.15, 0.2) is 25.3 Å². The number of halogens is 1. The standard InChI is InChI=1S/C20H23FN10O9P2S2/c21-9-13-8(38-19(9)30-5-28-10-15(22)24-3-26-17(10)30)2-36-42(34,44)40-14-12(32)7(1-35-41(33,43)39-13)37-20(14)31-6-29-11-16(23)25-4-27-18(11)31/h3-9,12-14,19-20,32H,1-2H2,(H,33,43)(H,34,44)(H2,22,24,26)(H2,23,25,27)/p-1/t7-,8-,9?,12?,13+,14+,19-,20-,41?,42?/m1/s1. The van der Waals surface area contributed by atoms with Crippen LogP contribution in [0.1, 0.15) is 12.5 Å². The van der Waals surface area contributed by atoms with Crippen LogP contribution in [-0.4, -0.2) is 94.0 Å². The highest BCUT2D eigenvalue weighted by Crippen LogP contribution is 2.58. The van der Waals surface area contributed by atoms with Crippen molar-refractivity contribution in [1.82, 2.24) is 39.0 Å². The third-order valence-corrected chi connectivity index (χ3v) is 10.4. The highest BCUT2D eigenvalue weighted by atomic mass is 32.7. The minimum absolute atomic E-state index is 0.0543. The molecule has 0 aromatic carbocycles. The Labute approximate surface area is 256 Å². The summed E-state index contributed by atoms with van der Waals surface area (Å²) in [6.45, 7) is -10.1. The lowest BCUT2D eigenvalue weighted by molar-refractivity contribution is -0.218. The summed E-state index contributed by atoms with van der Waals surface area (Å²) in [5.41, 5.74) is 12.5. The third-order valence-electron chi connectivity index (χ3n) is 7.21. The van der Waals surface area contributed by atoms with Crippen LogP contribution >= 0.6 is 25.8 Å². The van der Waals surface area contributed by atoms with E-state index < -0.39 is 75.9 Å². The smallest absolute Gasteiger partial charge is 0.386 e. The number of hydrogen-bond donors (Lipinski definition) is 4. The number of alkyl halides is 1. The zero-order valence-electron chi connectivity index (χ0n) is 21.9. The Kier molecular flexibility index (Phi) is 7.63. The average Bonchev–Trinajstić information content (AvgIpc) is 3.73. The van der Waals surface area contributed by atoms with Gasteiger partial charge < -0.3 is 40.0 Å². The Hall–Kier alpha value is -2.46. The molecule has 5 N–H and O–H groups in total. The zero-order valence-corrected chi connectivity index (χ0v) is 25.4. The Morgan fingerprint density at radius 1 is 0.909 bits per heavy atom. The summed E-state index contributed by atoms with van der Waals surface area (Å²) >= 11 is 9.14. The lowest BCUT2D eigenvalue weighted by Crippen LogP contribution is -2.36. The van der Waals surface area contributed by atoms with Gasteiger partial charge in [-0.3, -0.25) is 18.2 Å². The van der Waals surface area contributed by atoms with Crippen LogP contribution in [0.25, 0.3) is 22.3 Å². The van der Waals surface area contributed by atoms with Gasteiger partial charge in [-0.1, -0.05) is 24.1 Å². The lowest BCUT2D eigenvalue weighted by atomic mass is 10.1. The second-order valence-electron chi connectivity index (χ2n) is 9.88. The largest absolute Gasteiger partial charge is 0.780 e. The molecule has 24 heteroatoms. The number of nitrogens with two attached hydrogens (primary N) is 2. The number of anilines is 2. The summed E-state index contributed by atoms with van der Waals surface area (Å²) < 4.78 is 65.7. The first-order valence-electron chi connectivity index (χ1n) is 12.7. The maximum Gasteiger partial charge on any atom is 0.386 e. The number of nitrogens with zero attached hydrogens (tertiary/aromatic N) is 8. The van der Waals surface area contributed by atoms with E-state index in [1.165, 1.54) is 28.1 Å². The van der Waals surface area contributed by atoms with Gasteiger partial charge in [0.2, 0.25) is 0 Å². The summed E-state index contributed by atoms with van der Waals surface area (Å²) in [7, 11) is 0. The second kappa shape index (κ2) is 11.1. The monoisotopic (exact) mass is 691 g/mol. The summed E-state index contributed by atoms with van der Waals surface area (Å²) in [5, 5.41) is 11.1. The lowest BCUT2D eigenvalue weighted by Gasteiger charge is -2.34. The number of fused-ring (bicyclic) bond motifs is 5. The fourth-order valence-corrected chi connectivity index (χ4v) is 8.06. The molecular weight excluding hydrogens is 669 g/mol. The number of rotatable bonds is 2. The molecule has 0 spiro atoms. The predicted molar refractivity (Wildman–Crippen MR) is 151 cm³/mol. The van der Waals surface area contributed by atoms with Crippen molar-refractivity contribution in [3.05, 3.63) is 25.3 Å². The van der Waals surface area contributed by atoms with Gasteiger partial charge in [-0.25, -0.2) is 38.9 Å². The summed E-state index contributed by atoms with van der Waals surface area (Å²) in [4.78, 5) is 37.7. The Balaban J connectivity index is 1.20. The van der Waals surface area contributed by atoms with Crippen molar-refractivity contribution in [1.29, 1.82) is 0 Å². The van der Waals surface area contributed by atoms with E-state index in [1.54, 1.807) is 0 Å². The number of thiol groups is 1. The Morgan fingerprint density at radius 3 is 2.11 bits per heavy atom. The fourth-order valence-electron chi connectivity index (χ4n) is 5.18. The van der Waals surface area contributed by atoms with E-state index in [4.69, 9.17) is 50.8 Å². The molecule has 0 radical (unpaired) electrons. The number of imidazole rings is 2. The van der Waals surface area contributed by atoms with Gasteiger partial charge in [0.1, 0.15) is 60.9 Å². The van der Waals surface area contributed by atoms with E-state index in [2.05, 4.69) is 42.2 Å². The van der Waals surface area contributed by atoms with Crippen LogP contribution in [0, 0.1) is 0 Å².